The zero-order valence-electron chi connectivity index (χ0n) is 18.2. The number of hydrogen-bond acceptors (Lipinski definition) is 7. The second kappa shape index (κ2) is 8.45. The third-order valence-corrected chi connectivity index (χ3v) is 7.68. The Bertz CT molecular complexity index is 747. The Morgan fingerprint density at radius 2 is 1.90 bits per heavy atom. The fourth-order valence-electron chi connectivity index (χ4n) is 5.89. The van der Waals surface area contributed by atoms with Crippen LogP contribution in [0.25, 0.3) is 0 Å². The number of amides is 1. The standard InChI is InChI=1S/C21H36N8O/c1-27-17-6-4-3-5-16(17)20(30)28(2)18-12-23-21(26-19(18)27)25-14-11-24-29(13-14)15-7-9-22-10-8-15/h11,13,15-19,21-23,25-26H,3-10,12H2,1-2H3. The highest BCUT2D eigenvalue weighted by Crippen LogP contribution is 2.34. The molecule has 1 aromatic heterocycles. The third kappa shape index (κ3) is 3.72. The SMILES string of the molecule is CN1C(=O)C2CCCCC2N(C)C2NC(Nc3cnn(C4CCNCC4)c3)NCC21. The Hall–Kier alpha value is -1.68. The topological polar surface area (TPSA) is 89.5 Å². The summed E-state index contributed by atoms with van der Waals surface area (Å²) < 4.78 is 2.10. The lowest BCUT2D eigenvalue weighted by molar-refractivity contribution is -0.137. The molecule has 5 unspecified atom stereocenters. The number of nitrogens with zero attached hydrogens (tertiary/aromatic N) is 4. The first-order valence-corrected chi connectivity index (χ1v) is 11.6. The van der Waals surface area contributed by atoms with E-state index in [0.717, 1.165) is 51.0 Å². The van der Waals surface area contributed by atoms with Gasteiger partial charge >= 0.3 is 0 Å². The fraction of sp³-hybridized carbons (Fsp3) is 0.810. The monoisotopic (exact) mass is 416 g/mol. The Morgan fingerprint density at radius 1 is 1.10 bits per heavy atom. The maximum Gasteiger partial charge on any atom is 0.227 e. The molecule has 5 atom stereocenters. The maximum absolute atomic E-state index is 13.1. The molecule has 1 aliphatic carbocycles. The second-order valence-electron chi connectivity index (χ2n) is 9.43. The predicted molar refractivity (Wildman–Crippen MR) is 116 cm³/mol. The van der Waals surface area contributed by atoms with Crippen molar-refractivity contribution in [3.05, 3.63) is 12.4 Å². The molecule has 4 aliphatic rings. The van der Waals surface area contributed by atoms with Gasteiger partial charge in [-0.2, -0.15) is 5.10 Å². The van der Waals surface area contributed by atoms with E-state index in [1.807, 2.05) is 18.1 Å². The number of rotatable bonds is 3. The molecule has 30 heavy (non-hydrogen) atoms. The van der Waals surface area contributed by atoms with Crippen LogP contribution in [0.4, 0.5) is 5.69 Å². The normalized spacial score (nSPS) is 36.1. The van der Waals surface area contributed by atoms with E-state index in [1.54, 1.807) is 0 Å². The van der Waals surface area contributed by atoms with Gasteiger partial charge in [0.1, 0.15) is 6.29 Å². The molecule has 5 rings (SSSR count). The quantitative estimate of drug-likeness (QED) is 0.566. The van der Waals surface area contributed by atoms with E-state index < -0.39 is 0 Å². The molecule has 3 saturated heterocycles. The van der Waals surface area contributed by atoms with Crippen molar-refractivity contribution in [3.8, 4) is 0 Å². The van der Waals surface area contributed by atoms with Crippen LogP contribution in [0.2, 0.25) is 0 Å². The van der Waals surface area contributed by atoms with E-state index in [9.17, 15) is 4.79 Å². The summed E-state index contributed by atoms with van der Waals surface area (Å²) in [5.41, 5.74) is 1.02. The van der Waals surface area contributed by atoms with Gasteiger partial charge in [-0.05, 0) is 45.8 Å². The van der Waals surface area contributed by atoms with Crippen LogP contribution in [0.5, 0.6) is 0 Å². The van der Waals surface area contributed by atoms with Crippen molar-refractivity contribution in [1.29, 1.82) is 0 Å². The van der Waals surface area contributed by atoms with Gasteiger partial charge in [0.2, 0.25) is 5.91 Å². The van der Waals surface area contributed by atoms with Gasteiger partial charge in [0.15, 0.2) is 0 Å². The molecule has 0 bridgehead atoms. The van der Waals surface area contributed by atoms with Crippen molar-refractivity contribution in [1.82, 2.24) is 35.5 Å². The van der Waals surface area contributed by atoms with Crippen molar-refractivity contribution >= 4 is 11.6 Å². The van der Waals surface area contributed by atoms with Crippen molar-refractivity contribution in [2.24, 2.45) is 5.92 Å². The van der Waals surface area contributed by atoms with Crippen LogP contribution in [-0.4, -0.2) is 83.8 Å². The van der Waals surface area contributed by atoms with Gasteiger partial charge in [0, 0.05) is 25.8 Å². The summed E-state index contributed by atoms with van der Waals surface area (Å²) in [6, 6.07) is 0.940. The fourth-order valence-corrected chi connectivity index (χ4v) is 5.89. The highest BCUT2D eigenvalue weighted by Gasteiger charge is 2.47. The largest absolute Gasteiger partial charge is 0.355 e. The van der Waals surface area contributed by atoms with E-state index in [4.69, 9.17) is 0 Å². The number of anilines is 1. The lowest BCUT2D eigenvalue weighted by atomic mass is 9.83. The molecule has 1 aromatic rings. The van der Waals surface area contributed by atoms with Crippen LogP contribution in [0.1, 0.15) is 44.6 Å². The second-order valence-corrected chi connectivity index (χ2v) is 9.43. The lowest BCUT2D eigenvalue weighted by Gasteiger charge is -2.45. The molecular formula is C21H36N8O. The predicted octanol–water partition coefficient (Wildman–Crippen LogP) is 0.353. The number of nitrogens with one attached hydrogen (secondary N) is 4. The summed E-state index contributed by atoms with van der Waals surface area (Å²) in [6.07, 6.45) is 10.9. The average Bonchev–Trinajstić information content (AvgIpc) is 3.24. The van der Waals surface area contributed by atoms with Gasteiger partial charge < -0.3 is 15.5 Å². The first-order valence-electron chi connectivity index (χ1n) is 11.6. The van der Waals surface area contributed by atoms with Crippen LogP contribution < -0.4 is 21.3 Å². The van der Waals surface area contributed by atoms with Crippen LogP contribution >= 0.6 is 0 Å². The average molecular weight is 417 g/mol. The van der Waals surface area contributed by atoms with Crippen LogP contribution in [-0.2, 0) is 4.79 Å². The van der Waals surface area contributed by atoms with Gasteiger partial charge in [-0.15, -0.1) is 0 Å². The number of carbonyl (C=O) groups excluding carboxylic acids is 1. The number of fused-ring (bicyclic) bond motifs is 2. The summed E-state index contributed by atoms with van der Waals surface area (Å²) in [5, 5.41) is 18.8. The Labute approximate surface area is 178 Å². The molecule has 9 heteroatoms. The maximum atomic E-state index is 13.1. The van der Waals surface area contributed by atoms with E-state index in [2.05, 4.69) is 49.2 Å². The van der Waals surface area contributed by atoms with E-state index in [0.29, 0.717) is 18.0 Å². The van der Waals surface area contributed by atoms with Crippen LogP contribution in [0.3, 0.4) is 0 Å². The minimum atomic E-state index is -0.0528. The van der Waals surface area contributed by atoms with Crippen LogP contribution in [0, 0.1) is 5.92 Å². The molecule has 4 fully saturated rings. The minimum absolute atomic E-state index is 0.0528. The molecule has 1 amide bonds. The minimum Gasteiger partial charge on any atom is -0.355 e. The molecule has 3 aliphatic heterocycles. The summed E-state index contributed by atoms with van der Waals surface area (Å²) in [4.78, 5) is 17.5. The van der Waals surface area contributed by atoms with Gasteiger partial charge in [-0.3, -0.25) is 25.0 Å². The molecule has 0 radical (unpaired) electrons. The Morgan fingerprint density at radius 3 is 2.73 bits per heavy atom. The molecule has 4 N–H and O–H groups in total. The zero-order valence-corrected chi connectivity index (χ0v) is 18.2. The Balaban J connectivity index is 1.28. The van der Waals surface area contributed by atoms with Gasteiger partial charge in [0.05, 0.1) is 36.1 Å². The molecule has 166 valence electrons. The van der Waals surface area contributed by atoms with Gasteiger partial charge in [-0.1, -0.05) is 12.8 Å². The zero-order chi connectivity index (χ0) is 20.7. The first-order chi connectivity index (χ1) is 14.6. The number of carbonyl (C=O) groups is 1. The van der Waals surface area contributed by atoms with Crippen LogP contribution in [0.15, 0.2) is 12.4 Å². The molecule has 0 aromatic carbocycles. The summed E-state index contributed by atoms with van der Waals surface area (Å²) >= 11 is 0. The third-order valence-electron chi connectivity index (χ3n) is 7.68. The van der Waals surface area contributed by atoms with E-state index in [-0.39, 0.29) is 24.4 Å². The van der Waals surface area contributed by atoms with E-state index >= 15 is 0 Å². The number of hydrogen-bond donors (Lipinski definition) is 4. The number of piperidine rings is 1. The highest BCUT2D eigenvalue weighted by molar-refractivity contribution is 5.80. The smallest absolute Gasteiger partial charge is 0.227 e. The molecular weight excluding hydrogens is 380 g/mol. The summed E-state index contributed by atoms with van der Waals surface area (Å²) in [5.74, 6) is 0.452. The molecule has 9 nitrogen and oxygen atoms in total. The molecule has 0 spiro atoms. The summed E-state index contributed by atoms with van der Waals surface area (Å²) in [7, 11) is 4.17. The number of likely N-dealkylation sites (N-methyl/N-ethyl adjacent to an activating group) is 2. The van der Waals surface area contributed by atoms with Crippen molar-refractivity contribution < 1.29 is 4.79 Å². The Kier molecular flexibility index (Phi) is 5.70. The van der Waals surface area contributed by atoms with Crippen molar-refractivity contribution in [3.63, 3.8) is 0 Å². The summed E-state index contributed by atoms with van der Waals surface area (Å²) in [6.45, 7) is 2.88. The lowest BCUT2D eigenvalue weighted by Crippen LogP contribution is -2.71. The number of aromatic nitrogens is 2. The highest BCUT2D eigenvalue weighted by atomic mass is 16.2. The van der Waals surface area contributed by atoms with Crippen molar-refractivity contribution in [2.75, 3.05) is 39.0 Å². The molecule has 4 heterocycles. The van der Waals surface area contributed by atoms with Gasteiger partial charge in [0.25, 0.3) is 0 Å². The first kappa shape index (κ1) is 20.2. The van der Waals surface area contributed by atoms with Crippen molar-refractivity contribution in [2.45, 2.75) is 69.1 Å². The molecule has 1 saturated carbocycles. The van der Waals surface area contributed by atoms with Gasteiger partial charge in [-0.25, -0.2) is 0 Å². The van der Waals surface area contributed by atoms with E-state index in [1.165, 1.54) is 12.8 Å².